The number of benzene rings is 2. The van der Waals surface area contributed by atoms with Crippen LogP contribution in [-0.4, -0.2) is 28.6 Å². The van der Waals surface area contributed by atoms with E-state index in [0.717, 1.165) is 16.7 Å². The van der Waals surface area contributed by atoms with Crippen LogP contribution in [0, 0.1) is 13.8 Å². The zero-order valence-corrected chi connectivity index (χ0v) is 14.9. The molecule has 2 aliphatic rings. The number of ketones is 1. The highest BCUT2D eigenvalue weighted by atomic mass is 19.1. The van der Waals surface area contributed by atoms with Crippen LogP contribution in [0.1, 0.15) is 28.1 Å². The fourth-order valence-electron chi connectivity index (χ4n) is 3.96. The van der Waals surface area contributed by atoms with Gasteiger partial charge < -0.3 is 9.52 Å². The lowest BCUT2D eigenvalue weighted by atomic mass is 9.87. The van der Waals surface area contributed by atoms with Crippen molar-refractivity contribution in [3.8, 4) is 0 Å². The summed E-state index contributed by atoms with van der Waals surface area (Å²) in [7, 11) is 0. The third-order valence-electron chi connectivity index (χ3n) is 5.24. The molecule has 3 heterocycles. The molecule has 0 amide bonds. The smallest absolute Gasteiger partial charge is 0.204 e. The molecule has 3 aromatic rings. The standard InChI is InChI=1S/C21H17FN2O3/c1-11-3-5-15-16(7-11)23-20-21(26,19(15)25)10-18(22)24(20)14-4-6-17-13(9-14)8-12(2)27-17/h3-9,18,26H,10H2,1-2H3/t18-,21?/m1/s1. The van der Waals surface area contributed by atoms with E-state index in [9.17, 15) is 9.90 Å². The van der Waals surface area contributed by atoms with Crippen molar-refractivity contribution in [1.82, 2.24) is 0 Å². The van der Waals surface area contributed by atoms with E-state index in [1.807, 2.05) is 19.9 Å². The van der Waals surface area contributed by atoms with Gasteiger partial charge in [-0.1, -0.05) is 6.07 Å². The Morgan fingerprint density at radius 3 is 2.85 bits per heavy atom. The Morgan fingerprint density at radius 1 is 1.22 bits per heavy atom. The van der Waals surface area contributed by atoms with Crippen LogP contribution in [0.2, 0.25) is 0 Å². The number of aliphatic imine (C=N–C) groups is 1. The topological polar surface area (TPSA) is 66.0 Å². The monoisotopic (exact) mass is 364 g/mol. The third kappa shape index (κ3) is 2.20. The molecule has 2 aliphatic heterocycles. The van der Waals surface area contributed by atoms with Crippen molar-refractivity contribution in [2.75, 3.05) is 4.90 Å². The summed E-state index contributed by atoms with van der Waals surface area (Å²) in [6.45, 7) is 3.74. The molecule has 5 nitrogen and oxygen atoms in total. The molecule has 0 bridgehead atoms. The van der Waals surface area contributed by atoms with E-state index in [0.29, 0.717) is 22.5 Å². The lowest BCUT2D eigenvalue weighted by Crippen LogP contribution is -2.48. The average Bonchev–Trinajstić information content (AvgIpc) is 3.10. The van der Waals surface area contributed by atoms with Gasteiger partial charge in [-0.2, -0.15) is 0 Å². The predicted molar refractivity (Wildman–Crippen MR) is 100 cm³/mol. The van der Waals surface area contributed by atoms with Crippen LogP contribution in [0.3, 0.4) is 0 Å². The van der Waals surface area contributed by atoms with Gasteiger partial charge in [0.15, 0.2) is 17.7 Å². The minimum atomic E-state index is -1.96. The number of hydrogen-bond donors (Lipinski definition) is 1. The van der Waals surface area contributed by atoms with Crippen molar-refractivity contribution in [3.63, 3.8) is 0 Å². The lowest BCUT2D eigenvalue weighted by molar-refractivity contribution is 0.0549. The minimum absolute atomic E-state index is 0.0395. The summed E-state index contributed by atoms with van der Waals surface area (Å²) < 4.78 is 20.6. The first-order chi connectivity index (χ1) is 12.9. The summed E-state index contributed by atoms with van der Waals surface area (Å²) in [5, 5.41) is 11.9. The van der Waals surface area contributed by atoms with Crippen molar-refractivity contribution in [2.24, 2.45) is 4.99 Å². The zero-order chi connectivity index (χ0) is 18.9. The molecule has 1 fully saturated rings. The molecule has 0 aliphatic carbocycles. The number of fused-ring (bicyclic) bond motifs is 3. The highest BCUT2D eigenvalue weighted by molar-refractivity contribution is 6.28. The van der Waals surface area contributed by atoms with Gasteiger partial charge in [0.1, 0.15) is 11.3 Å². The van der Waals surface area contributed by atoms with Gasteiger partial charge in [0, 0.05) is 23.1 Å². The van der Waals surface area contributed by atoms with Crippen LogP contribution in [0.15, 0.2) is 51.9 Å². The first kappa shape index (κ1) is 16.2. The van der Waals surface area contributed by atoms with E-state index < -0.39 is 17.7 Å². The van der Waals surface area contributed by atoms with E-state index >= 15 is 4.39 Å². The Morgan fingerprint density at radius 2 is 2.04 bits per heavy atom. The number of furan rings is 1. The molecule has 1 N–H and O–H groups in total. The van der Waals surface area contributed by atoms with E-state index in [2.05, 4.69) is 4.99 Å². The molecule has 5 rings (SSSR count). The Kier molecular flexibility index (Phi) is 3.16. The van der Waals surface area contributed by atoms with E-state index in [1.54, 1.807) is 36.4 Å². The second kappa shape index (κ2) is 5.27. The number of alkyl halides is 1. The normalized spacial score (nSPS) is 24.1. The molecular weight excluding hydrogens is 347 g/mol. The summed E-state index contributed by atoms with van der Waals surface area (Å²) in [5.41, 5.74) is 0.982. The fourth-order valence-corrected chi connectivity index (χ4v) is 3.96. The molecule has 2 aromatic carbocycles. The van der Waals surface area contributed by atoms with Gasteiger partial charge in [0.25, 0.3) is 0 Å². The second-order valence-corrected chi connectivity index (χ2v) is 7.23. The van der Waals surface area contributed by atoms with Gasteiger partial charge in [-0.05, 0) is 55.8 Å². The van der Waals surface area contributed by atoms with Gasteiger partial charge in [0.2, 0.25) is 5.78 Å². The van der Waals surface area contributed by atoms with E-state index in [4.69, 9.17) is 4.42 Å². The molecule has 1 unspecified atom stereocenters. The van der Waals surface area contributed by atoms with Gasteiger partial charge in [-0.25, -0.2) is 9.38 Å². The first-order valence-electron chi connectivity index (χ1n) is 8.77. The van der Waals surface area contributed by atoms with Crippen molar-refractivity contribution in [3.05, 3.63) is 59.4 Å². The molecule has 0 radical (unpaired) electrons. The Labute approximate surface area is 154 Å². The van der Waals surface area contributed by atoms with Crippen LogP contribution in [0.4, 0.5) is 15.8 Å². The van der Waals surface area contributed by atoms with Gasteiger partial charge in [-0.15, -0.1) is 0 Å². The Balaban J connectivity index is 1.70. The maximum Gasteiger partial charge on any atom is 0.204 e. The predicted octanol–water partition coefficient (Wildman–Crippen LogP) is 4.21. The second-order valence-electron chi connectivity index (χ2n) is 7.23. The fraction of sp³-hybridized carbons (Fsp3) is 0.238. The Hall–Kier alpha value is -2.99. The van der Waals surface area contributed by atoms with Crippen molar-refractivity contribution in [1.29, 1.82) is 0 Å². The maximum atomic E-state index is 15.0. The molecule has 0 spiro atoms. The van der Waals surface area contributed by atoms with Crippen LogP contribution >= 0.6 is 0 Å². The molecule has 27 heavy (non-hydrogen) atoms. The maximum absolute atomic E-state index is 15.0. The molecule has 1 saturated heterocycles. The van der Waals surface area contributed by atoms with Crippen molar-refractivity contribution >= 4 is 34.0 Å². The number of hydrogen-bond acceptors (Lipinski definition) is 5. The molecule has 136 valence electrons. The summed E-state index contributed by atoms with van der Waals surface area (Å²) in [6, 6.07) is 12.3. The number of halogens is 1. The average molecular weight is 364 g/mol. The summed E-state index contributed by atoms with van der Waals surface area (Å²) in [6.07, 6.45) is -1.90. The van der Waals surface area contributed by atoms with Gasteiger partial charge in [0.05, 0.1) is 5.69 Å². The number of carbonyl (C=O) groups is 1. The largest absolute Gasteiger partial charge is 0.461 e. The number of nitrogens with zero attached hydrogens (tertiary/aromatic N) is 2. The SMILES string of the molecule is Cc1ccc2c(c1)N=C1N(c3ccc4oc(C)cc4c3)[C@@H](F)CC1(O)C2=O. The summed E-state index contributed by atoms with van der Waals surface area (Å²) in [4.78, 5) is 18.7. The summed E-state index contributed by atoms with van der Waals surface area (Å²) in [5.74, 6) is 0.289. The highest BCUT2D eigenvalue weighted by Gasteiger charge is 2.56. The van der Waals surface area contributed by atoms with Crippen LogP contribution < -0.4 is 4.90 Å². The first-order valence-corrected chi connectivity index (χ1v) is 8.77. The number of aryl methyl sites for hydroxylation is 2. The molecule has 2 atom stereocenters. The molecule has 0 saturated carbocycles. The van der Waals surface area contributed by atoms with E-state index in [-0.39, 0.29) is 12.3 Å². The molecule has 1 aromatic heterocycles. The van der Waals surface area contributed by atoms with Gasteiger partial charge >= 0.3 is 0 Å². The van der Waals surface area contributed by atoms with Crippen LogP contribution in [0.5, 0.6) is 0 Å². The van der Waals surface area contributed by atoms with Crippen LogP contribution in [0.25, 0.3) is 11.0 Å². The lowest BCUT2D eigenvalue weighted by Gasteiger charge is -2.29. The third-order valence-corrected chi connectivity index (χ3v) is 5.24. The van der Waals surface area contributed by atoms with Crippen molar-refractivity contribution < 1.29 is 18.7 Å². The quantitative estimate of drug-likeness (QED) is 0.657. The minimum Gasteiger partial charge on any atom is -0.461 e. The van der Waals surface area contributed by atoms with Gasteiger partial charge in [-0.3, -0.25) is 9.69 Å². The number of anilines is 1. The molecular formula is C21H17FN2O3. The number of aliphatic hydroxyl groups is 1. The highest BCUT2D eigenvalue weighted by Crippen LogP contribution is 2.43. The number of rotatable bonds is 1. The number of amidine groups is 1. The number of Topliss-reactive ketones (excluding diaryl/α,β-unsaturated/α-hetero) is 1. The van der Waals surface area contributed by atoms with E-state index in [1.165, 1.54) is 4.90 Å². The number of carbonyl (C=O) groups excluding carboxylic acids is 1. The Bertz CT molecular complexity index is 1150. The summed E-state index contributed by atoms with van der Waals surface area (Å²) >= 11 is 0. The van der Waals surface area contributed by atoms with Crippen molar-refractivity contribution in [2.45, 2.75) is 32.2 Å². The zero-order valence-electron chi connectivity index (χ0n) is 14.9. The molecule has 6 heteroatoms. The van der Waals surface area contributed by atoms with Crippen LogP contribution in [-0.2, 0) is 0 Å².